The largest absolute Gasteiger partial charge is 0.396 e. The van der Waals surface area contributed by atoms with Crippen molar-refractivity contribution >= 4 is 33.4 Å². The molecule has 0 fully saturated rings. The Bertz CT molecular complexity index is 520. The number of nitrogens with two attached hydrogens (primary N) is 2. The van der Waals surface area contributed by atoms with Crippen LogP contribution in [0.1, 0.15) is 24.2 Å². The van der Waals surface area contributed by atoms with Crippen LogP contribution in [0.25, 0.3) is 0 Å². The third-order valence-electron chi connectivity index (χ3n) is 2.59. The number of rotatable bonds is 4. The van der Waals surface area contributed by atoms with Crippen molar-refractivity contribution in [2.75, 3.05) is 5.73 Å². The van der Waals surface area contributed by atoms with Gasteiger partial charge in [-0.2, -0.15) is 0 Å². The van der Waals surface area contributed by atoms with E-state index in [1.54, 1.807) is 13.8 Å². The summed E-state index contributed by atoms with van der Waals surface area (Å²) >= 11 is 3.07. The molecule has 1 atom stereocenters. The van der Waals surface area contributed by atoms with Crippen molar-refractivity contribution in [1.82, 2.24) is 5.32 Å². The first-order valence-corrected chi connectivity index (χ1v) is 6.38. The number of anilines is 1. The molecule has 0 aromatic heterocycles. The smallest absolute Gasteiger partial charge is 0.253 e. The van der Waals surface area contributed by atoms with Gasteiger partial charge >= 0.3 is 0 Å². The monoisotopic (exact) mass is 331 g/mol. The molecule has 1 aromatic carbocycles. The topological polar surface area (TPSA) is 98.2 Å². The van der Waals surface area contributed by atoms with Gasteiger partial charge in [0.1, 0.15) is 11.9 Å². The summed E-state index contributed by atoms with van der Waals surface area (Å²) in [5, 5.41) is 2.50. The van der Waals surface area contributed by atoms with Gasteiger partial charge in [0, 0.05) is 4.47 Å². The summed E-state index contributed by atoms with van der Waals surface area (Å²) in [5.74, 6) is -1.96. The van der Waals surface area contributed by atoms with E-state index in [1.807, 2.05) is 0 Å². The lowest BCUT2D eigenvalue weighted by Gasteiger charge is -2.19. The number of carbonyl (C=O) groups excluding carboxylic acids is 2. The molecule has 0 heterocycles. The van der Waals surface area contributed by atoms with E-state index in [0.29, 0.717) is 0 Å². The average Bonchev–Trinajstić information content (AvgIpc) is 2.29. The predicted octanol–water partition coefficient (Wildman–Crippen LogP) is 1.41. The number of carbonyl (C=O) groups is 2. The molecule has 0 saturated heterocycles. The highest BCUT2D eigenvalue weighted by Crippen LogP contribution is 2.23. The number of hydrogen-bond donors (Lipinski definition) is 3. The molecular formula is C12H15BrFN3O2. The Morgan fingerprint density at radius 2 is 1.95 bits per heavy atom. The molecule has 5 N–H and O–H groups in total. The molecule has 0 aliphatic carbocycles. The normalized spacial score (nSPS) is 12.3. The van der Waals surface area contributed by atoms with E-state index in [1.165, 1.54) is 6.07 Å². The average molecular weight is 332 g/mol. The Balaban J connectivity index is 3.01. The standard InChI is InChI=1S/C12H15BrFN3O2/c1-5(2)10(11(16)18)17-12(19)6-3-9(15)8(14)4-7(6)13/h3-5,10H,15H2,1-2H3,(H2,16,18)(H,17,19). The van der Waals surface area contributed by atoms with Crippen LogP contribution in [0, 0.1) is 11.7 Å². The zero-order valence-electron chi connectivity index (χ0n) is 10.5. The van der Waals surface area contributed by atoms with Gasteiger partial charge in [0.25, 0.3) is 5.91 Å². The number of benzene rings is 1. The van der Waals surface area contributed by atoms with Crippen LogP contribution in [-0.2, 0) is 4.79 Å². The first kappa shape index (κ1) is 15.4. The van der Waals surface area contributed by atoms with Crippen molar-refractivity contribution in [3.8, 4) is 0 Å². The number of amides is 2. The predicted molar refractivity (Wildman–Crippen MR) is 73.8 cm³/mol. The molecule has 0 aliphatic rings. The lowest BCUT2D eigenvalue weighted by molar-refractivity contribution is -0.120. The van der Waals surface area contributed by atoms with Gasteiger partial charge in [0.05, 0.1) is 11.3 Å². The Labute approximate surface area is 118 Å². The van der Waals surface area contributed by atoms with Crippen molar-refractivity contribution in [2.45, 2.75) is 19.9 Å². The third kappa shape index (κ3) is 3.66. The highest BCUT2D eigenvalue weighted by molar-refractivity contribution is 9.10. The molecule has 19 heavy (non-hydrogen) atoms. The second-order valence-corrected chi connectivity index (χ2v) is 5.31. The molecule has 1 unspecified atom stereocenters. The summed E-state index contributed by atoms with van der Waals surface area (Å²) in [4.78, 5) is 23.2. The minimum atomic E-state index is -0.800. The van der Waals surface area contributed by atoms with Crippen molar-refractivity contribution in [2.24, 2.45) is 11.7 Å². The molecule has 5 nitrogen and oxygen atoms in total. The molecule has 1 aromatic rings. The number of halogens is 2. The highest BCUT2D eigenvalue weighted by Gasteiger charge is 2.23. The van der Waals surface area contributed by atoms with Crippen molar-refractivity contribution < 1.29 is 14.0 Å². The fourth-order valence-electron chi connectivity index (χ4n) is 1.53. The van der Waals surface area contributed by atoms with Crippen molar-refractivity contribution in [3.05, 3.63) is 28.0 Å². The Kier molecular flexibility index (Phi) is 4.88. The maximum atomic E-state index is 13.2. The van der Waals surface area contributed by atoms with E-state index in [0.717, 1.165) is 6.07 Å². The second-order valence-electron chi connectivity index (χ2n) is 4.45. The number of primary amides is 1. The lowest BCUT2D eigenvalue weighted by Crippen LogP contribution is -2.47. The Hall–Kier alpha value is -1.63. The molecule has 1 rings (SSSR count). The van der Waals surface area contributed by atoms with Crippen molar-refractivity contribution in [1.29, 1.82) is 0 Å². The van der Waals surface area contributed by atoms with E-state index in [2.05, 4.69) is 21.2 Å². The zero-order valence-corrected chi connectivity index (χ0v) is 12.1. The summed E-state index contributed by atoms with van der Waals surface area (Å²) in [6.45, 7) is 3.51. The van der Waals surface area contributed by atoms with E-state index in [-0.39, 0.29) is 21.6 Å². The van der Waals surface area contributed by atoms with Crippen LogP contribution in [0.2, 0.25) is 0 Å². The molecule has 104 valence electrons. The van der Waals surface area contributed by atoms with Crippen LogP contribution in [0.5, 0.6) is 0 Å². The van der Waals surface area contributed by atoms with Crippen LogP contribution in [-0.4, -0.2) is 17.9 Å². The maximum Gasteiger partial charge on any atom is 0.253 e. The summed E-state index contributed by atoms with van der Waals surface area (Å²) in [6, 6.07) is 1.50. The van der Waals surface area contributed by atoms with Crippen molar-refractivity contribution in [3.63, 3.8) is 0 Å². The summed E-state index contributed by atoms with van der Waals surface area (Å²) in [5.41, 5.74) is 10.6. The molecule has 0 bridgehead atoms. The molecule has 0 aliphatic heterocycles. The van der Waals surface area contributed by atoms with Crippen LogP contribution in [0.4, 0.5) is 10.1 Å². The zero-order chi connectivity index (χ0) is 14.7. The maximum absolute atomic E-state index is 13.2. The van der Waals surface area contributed by atoms with Gasteiger partial charge < -0.3 is 16.8 Å². The van der Waals surface area contributed by atoms with Gasteiger partial charge in [-0.15, -0.1) is 0 Å². The van der Waals surface area contributed by atoms with Crippen LogP contribution >= 0.6 is 15.9 Å². The van der Waals surface area contributed by atoms with Crippen LogP contribution in [0.3, 0.4) is 0 Å². The quantitative estimate of drug-likeness (QED) is 0.727. The molecule has 2 amide bonds. The molecule has 0 spiro atoms. The first-order valence-electron chi connectivity index (χ1n) is 5.58. The molecular weight excluding hydrogens is 317 g/mol. The number of nitrogens with one attached hydrogen (secondary N) is 1. The summed E-state index contributed by atoms with van der Waals surface area (Å²) < 4.78 is 13.4. The molecule has 0 radical (unpaired) electrons. The summed E-state index contributed by atoms with van der Waals surface area (Å²) in [7, 11) is 0. The van der Waals surface area contributed by atoms with E-state index in [9.17, 15) is 14.0 Å². The minimum Gasteiger partial charge on any atom is -0.396 e. The Morgan fingerprint density at radius 3 is 2.42 bits per heavy atom. The fraction of sp³-hybridized carbons (Fsp3) is 0.333. The fourth-order valence-corrected chi connectivity index (χ4v) is 2.02. The van der Waals surface area contributed by atoms with Gasteiger partial charge in [0.15, 0.2) is 0 Å². The first-order chi connectivity index (χ1) is 8.73. The molecule has 7 heteroatoms. The van der Waals surface area contributed by atoms with Gasteiger partial charge in [-0.05, 0) is 34.0 Å². The van der Waals surface area contributed by atoms with E-state index < -0.39 is 23.7 Å². The minimum absolute atomic E-state index is 0.144. The lowest BCUT2D eigenvalue weighted by atomic mass is 10.0. The van der Waals surface area contributed by atoms with E-state index in [4.69, 9.17) is 11.5 Å². The van der Waals surface area contributed by atoms with Gasteiger partial charge in [-0.25, -0.2) is 4.39 Å². The third-order valence-corrected chi connectivity index (χ3v) is 3.25. The van der Waals surface area contributed by atoms with Gasteiger partial charge in [-0.3, -0.25) is 9.59 Å². The Morgan fingerprint density at radius 1 is 1.37 bits per heavy atom. The molecule has 0 saturated carbocycles. The van der Waals surface area contributed by atoms with E-state index >= 15 is 0 Å². The van der Waals surface area contributed by atoms with Crippen LogP contribution < -0.4 is 16.8 Å². The van der Waals surface area contributed by atoms with Crippen LogP contribution in [0.15, 0.2) is 16.6 Å². The van der Waals surface area contributed by atoms with Gasteiger partial charge in [0.2, 0.25) is 5.91 Å². The second kappa shape index (κ2) is 6.01. The number of nitrogen functional groups attached to an aromatic ring is 1. The summed E-state index contributed by atoms with van der Waals surface area (Å²) in [6.07, 6.45) is 0. The highest BCUT2D eigenvalue weighted by atomic mass is 79.9. The van der Waals surface area contributed by atoms with Gasteiger partial charge in [-0.1, -0.05) is 13.8 Å². The number of hydrogen-bond acceptors (Lipinski definition) is 3. The SMILES string of the molecule is CC(C)C(NC(=O)c1cc(N)c(F)cc1Br)C(N)=O.